The van der Waals surface area contributed by atoms with Gasteiger partial charge in [-0.2, -0.15) is 0 Å². The lowest BCUT2D eigenvalue weighted by Gasteiger charge is -2.06. The van der Waals surface area contributed by atoms with Crippen molar-refractivity contribution in [2.75, 3.05) is 14.2 Å². The highest BCUT2D eigenvalue weighted by Gasteiger charge is 2.05. The van der Waals surface area contributed by atoms with E-state index >= 15 is 0 Å². The summed E-state index contributed by atoms with van der Waals surface area (Å²) in [6.07, 6.45) is 0. The Kier molecular flexibility index (Phi) is 3.95. The summed E-state index contributed by atoms with van der Waals surface area (Å²) in [5.41, 5.74) is 3.05. The van der Waals surface area contributed by atoms with E-state index in [-0.39, 0.29) is 11.6 Å². The number of nitrogens with one attached hydrogen (secondary N) is 1. The molecule has 0 aromatic heterocycles. The molecule has 94 valence electrons. The minimum Gasteiger partial charge on any atom is -0.494 e. The van der Waals surface area contributed by atoms with Crippen molar-refractivity contribution in [2.45, 2.75) is 6.54 Å². The Morgan fingerprint density at radius 3 is 2.28 bits per heavy atom. The third kappa shape index (κ3) is 2.68. The summed E-state index contributed by atoms with van der Waals surface area (Å²) in [5.74, 6) is -0.0696. The lowest BCUT2D eigenvalue weighted by Crippen LogP contribution is -2.04. The van der Waals surface area contributed by atoms with Crippen LogP contribution in [-0.4, -0.2) is 14.2 Å². The first-order valence-corrected chi connectivity index (χ1v) is 5.82. The van der Waals surface area contributed by atoms with Crippen LogP contribution in [0.2, 0.25) is 0 Å². The number of methoxy groups -OCH3 is 1. The average Bonchev–Trinajstić information content (AvgIpc) is 2.40. The number of rotatable bonds is 4. The van der Waals surface area contributed by atoms with Crippen LogP contribution in [0.3, 0.4) is 0 Å². The van der Waals surface area contributed by atoms with Crippen molar-refractivity contribution in [3.8, 4) is 16.9 Å². The van der Waals surface area contributed by atoms with Crippen molar-refractivity contribution in [3.05, 3.63) is 53.8 Å². The fourth-order valence-corrected chi connectivity index (χ4v) is 1.87. The molecule has 0 saturated carbocycles. The molecule has 2 nitrogen and oxygen atoms in total. The number of hydrogen-bond acceptors (Lipinski definition) is 2. The van der Waals surface area contributed by atoms with E-state index in [4.69, 9.17) is 4.74 Å². The van der Waals surface area contributed by atoms with Crippen LogP contribution in [0.4, 0.5) is 4.39 Å². The summed E-state index contributed by atoms with van der Waals surface area (Å²) in [7, 11) is 3.37. The van der Waals surface area contributed by atoms with Crippen LogP contribution in [0, 0.1) is 5.82 Å². The van der Waals surface area contributed by atoms with Crippen molar-refractivity contribution in [1.82, 2.24) is 5.32 Å². The van der Waals surface area contributed by atoms with Crippen LogP contribution in [0.15, 0.2) is 42.5 Å². The van der Waals surface area contributed by atoms with Gasteiger partial charge in [0.25, 0.3) is 0 Å². The molecule has 0 amide bonds. The number of benzene rings is 2. The van der Waals surface area contributed by atoms with Crippen molar-refractivity contribution < 1.29 is 9.13 Å². The summed E-state index contributed by atoms with van der Waals surface area (Å²) in [5, 5.41) is 3.09. The number of halogens is 1. The lowest BCUT2D eigenvalue weighted by atomic mass is 10.0. The largest absolute Gasteiger partial charge is 0.494 e. The van der Waals surface area contributed by atoms with E-state index < -0.39 is 0 Å². The van der Waals surface area contributed by atoms with Gasteiger partial charge in [0.1, 0.15) is 0 Å². The first kappa shape index (κ1) is 12.6. The number of hydrogen-bond donors (Lipinski definition) is 1. The Hall–Kier alpha value is -1.87. The maximum absolute atomic E-state index is 13.6. The predicted octanol–water partition coefficient (Wildman–Crippen LogP) is 3.22. The van der Waals surface area contributed by atoms with Gasteiger partial charge in [0.15, 0.2) is 11.6 Å². The highest BCUT2D eigenvalue weighted by Crippen LogP contribution is 2.25. The Morgan fingerprint density at radius 1 is 1.06 bits per heavy atom. The first-order chi connectivity index (χ1) is 8.74. The van der Waals surface area contributed by atoms with Gasteiger partial charge in [0.05, 0.1) is 7.11 Å². The molecule has 1 N–H and O–H groups in total. The van der Waals surface area contributed by atoms with Crippen molar-refractivity contribution in [1.29, 1.82) is 0 Å². The Bertz CT molecular complexity index is 523. The van der Waals surface area contributed by atoms with Crippen LogP contribution >= 0.6 is 0 Å². The van der Waals surface area contributed by atoms with E-state index in [1.807, 2.05) is 37.4 Å². The van der Waals surface area contributed by atoms with Crippen LogP contribution in [0.5, 0.6) is 5.75 Å². The molecule has 0 fully saturated rings. The van der Waals surface area contributed by atoms with Crippen LogP contribution < -0.4 is 10.1 Å². The normalized spacial score (nSPS) is 10.4. The second kappa shape index (κ2) is 5.65. The van der Waals surface area contributed by atoms with Gasteiger partial charge in [-0.05, 0) is 35.9 Å². The molecule has 2 aromatic rings. The summed E-state index contributed by atoms with van der Waals surface area (Å²) in [6, 6.07) is 13.1. The van der Waals surface area contributed by atoms with Gasteiger partial charge in [0, 0.05) is 6.54 Å². The van der Waals surface area contributed by atoms with Crippen LogP contribution in [-0.2, 0) is 6.54 Å². The van der Waals surface area contributed by atoms with E-state index in [0.717, 1.165) is 17.7 Å². The van der Waals surface area contributed by atoms with Gasteiger partial charge in [-0.25, -0.2) is 4.39 Å². The maximum atomic E-state index is 13.6. The Labute approximate surface area is 106 Å². The zero-order valence-corrected chi connectivity index (χ0v) is 10.5. The second-order valence-electron chi connectivity index (χ2n) is 4.08. The molecule has 2 rings (SSSR count). The van der Waals surface area contributed by atoms with E-state index in [1.165, 1.54) is 18.7 Å². The molecule has 0 radical (unpaired) electrons. The molecule has 0 heterocycles. The minimum absolute atomic E-state index is 0.269. The summed E-state index contributed by atoms with van der Waals surface area (Å²) >= 11 is 0. The quantitative estimate of drug-likeness (QED) is 0.893. The summed E-state index contributed by atoms with van der Waals surface area (Å²) in [6.45, 7) is 0.831. The topological polar surface area (TPSA) is 21.3 Å². The van der Waals surface area contributed by atoms with Gasteiger partial charge in [-0.15, -0.1) is 0 Å². The molecule has 0 aliphatic carbocycles. The van der Waals surface area contributed by atoms with E-state index in [1.54, 1.807) is 6.07 Å². The highest BCUT2D eigenvalue weighted by molar-refractivity contribution is 5.64. The van der Waals surface area contributed by atoms with Crippen molar-refractivity contribution in [3.63, 3.8) is 0 Å². The molecule has 0 aliphatic heterocycles. The zero-order valence-electron chi connectivity index (χ0n) is 10.5. The smallest absolute Gasteiger partial charge is 0.165 e. The van der Waals surface area contributed by atoms with Crippen molar-refractivity contribution in [2.24, 2.45) is 0 Å². The zero-order chi connectivity index (χ0) is 13.0. The predicted molar refractivity (Wildman–Crippen MR) is 71.2 cm³/mol. The van der Waals surface area contributed by atoms with Gasteiger partial charge in [-0.3, -0.25) is 0 Å². The molecule has 18 heavy (non-hydrogen) atoms. The fourth-order valence-electron chi connectivity index (χ4n) is 1.87. The van der Waals surface area contributed by atoms with E-state index in [2.05, 4.69) is 5.32 Å². The average molecular weight is 245 g/mol. The monoisotopic (exact) mass is 245 g/mol. The van der Waals surface area contributed by atoms with Crippen LogP contribution in [0.1, 0.15) is 5.56 Å². The van der Waals surface area contributed by atoms with Gasteiger partial charge in [-0.1, -0.05) is 30.3 Å². The van der Waals surface area contributed by atoms with E-state index in [9.17, 15) is 4.39 Å². The molecular weight excluding hydrogens is 229 g/mol. The molecule has 0 aliphatic rings. The first-order valence-electron chi connectivity index (χ1n) is 5.82. The SMILES string of the molecule is CNCc1ccc(-c2ccc(OC)c(F)c2)cc1. The molecule has 0 bridgehead atoms. The molecule has 0 atom stereocenters. The highest BCUT2D eigenvalue weighted by atomic mass is 19.1. The standard InChI is InChI=1S/C15H16FNO/c1-17-10-11-3-5-12(6-4-11)13-7-8-15(18-2)14(16)9-13/h3-9,17H,10H2,1-2H3. The second-order valence-corrected chi connectivity index (χ2v) is 4.08. The summed E-state index contributed by atoms with van der Waals surface area (Å²) < 4.78 is 18.5. The third-order valence-electron chi connectivity index (χ3n) is 2.82. The molecule has 3 heteroatoms. The van der Waals surface area contributed by atoms with Gasteiger partial charge in [0.2, 0.25) is 0 Å². The van der Waals surface area contributed by atoms with Gasteiger partial charge < -0.3 is 10.1 Å². The fraction of sp³-hybridized carbons (Fsp3) is 0.200. The van der Waals surface area contributed by atoms with Crippen LogP contribution in [0.25, 0.3) is 11.1 Å². The Balaban J connectivity index is 2.28. The van der Waals surface area contributed by atoms with E-state index in [0.29, 0.717) is 0 Å². The van der Waals surface area contributed by atoms with Crippen molar-refractivity contribution >= 4 is 0 Å². The lowest BCUT2D eigenvalue weighted by molar-refractivity contribution is 0.386. The molecular formula is C15H16FNO. The minimum atomic E-state index is -0.339. The molecule has 0 spiro atoms. The molecule has 0 unspecified atom stereocenters. The van der Waals surface area contributed by atoms with Gasteiger partial charge >= 0.3 is 0 Å². The molecule has 0 saturated heterocycles. The molecule has 2 aromatic carbocycles. The Morgan fingerprint density at radius 2 is 1.72 bits per heavy atom. The third-order valence-corrected chi connectivity index (χ3v) is 2.82. The maximum Gasteiger partial charge on any atom is 0.165 e. The number of ether oxygens (including phenoxy) is 1. The summed E-state index contributed by atoms with van der Waals surface area (Å²) in [4.78, 5) is 0.